The Bertz CT molecular complexity index is 1270. The fraction of sp³-hybridized carbons (Fsp3) is 0.333. The van der Waals surface area contributed by atoms with Gasteiger partial charge in [0.05, 0.1) is 30.7 Å². The predicted molar refractivity (Wildman–Crippen MR) is 123 cm³/mol. The summed E-state index contributed by atoms with van der Waals surface area (Å²) in [6.07, 6.45) is 6.53. The van der Waals surface area contributed by atoms with Gasteiger partial charge in [0.15, 0.2) is 0 Å². The minimum absolute atomic E-state index is 0.0726. The standard InChI is InChI=1S/C24H26N4O3S/c1-32(30,31)28-13-12-18-14-19(10-11-22(18)28)24(29)26-21-8-5-9-23-20(21)15-25-27(23)16-17-6-3-2-4-7-17/h2-4,6-7,10-11,14-15,21H,5,8-9,12-13,16H2,1H3,(H,26,29). The molecule has 5 rings (SSSR count). The summed E-state index contributed by atoms with van der Waals surface area (Å²) in [6.45, 7) is 1.14. The number of fused-ring (bicyclic) bond motifs is 2. The van der Waals surface area contributed by atoms with Gasteiger partial charge in [0.1, 0.15) is 0 Å². The Hall–Kier alpha value is -3.13. The number of benzene rings is 2. The molecule has 0 fully saturated rings. The van der Waals surface area contributed by atoms with E-state index < -0.39 is 10.0 Å². The van der Waals surface area contributed by atoms with Crippen molar-refractivity contribution in [3.63, 3.8) is 0 Å². The minimum Gasteiger partial charge on any atom is -0.345 e. The fourth-order valence-electron chi connectivity index (χ4n) is 4.76. The second-order valence-electron chi connectivity index (χ2n) is 8.54. The average Bonchev–Trinajstić information content (AvgIpc) is 3.39. The van der Waals surface area contributed by atoms with Crippen molar-refractivity contribution in [1.82, 2.24) is 15.1 Å². The van der Waals surface area contributed by atoms with E-state index in [2.05, 4.69) is 22.5 Å². The molecular formula is C24H26N4O3S. The van der Waals surface area contributed by atoms with Gasteiger partial charge in [-0.25, -0.2) is 8.42 Å². The van der Waals surface area contributed by atoms with Crippen molar-refractivity contribution in [3.8, 4) is 0 Å². The molecule has 1 unspecified atom stereocenters. The van der Waals surface area contributed by atoms with Gasteiger partial charge in [-0.3, -0.25) is 13.8 Å². The lowest BCUT2D eigenvalue weighted by Gasteiger charge is -2.24. The van der Waals surface area contributed by atoms with Gasteiger partial charge >= 0.3 is 0 Å². The number of carbonyl (C=O) groups excluding carboxylic acids is 1. The van der Waals surface area contributed by atoms with Crippen LogP contribution >= 0.6 is 0 Å². The topological polar surface area (TPSA) is 84.3 Å². The number of hydrogen-bond acceptors (Lipinski definition) is 4. The Morgan fingerprint density at radius 1 is 1.16 bits per heavy atom. The van der Waals surface area contributed by atoms with Crippen molar-refractivity contribution >= 4 is 21.6 Å². The number of nitrogens with zero attached hydrogens (tertiary/aromatic N) is 3. The molecule has 0 saturated carbocycles. The number of carbonyl (C=O) groups is 1. The number of sulfonamides is 1. The molecule has 2 heterocycles. The number of aromatic nitrogens is 2. The summed E-state index contributed by atoms with van der Waals surface area (Å²) in [7, 11) is -3.30. The first-order chi connectivity index (χ1) is 15.4. The molecule has 1 aromatic heterocycles. The number of rotatable bonds is 5. The maximum absolute atomic E-state index is 13.0. The molecule has 166 valence electrons. The van der Waals surface area contributed by atoms with E-state index in [1.807, 2.05) is 35.1 Å². The van der Waals surface area contributed by atoms with Crippen molar-refractivity contribution in [2.75, 3.05) is 17.1 Å². The molecule has 1 aliphatic carbocycles. The zero-order valence-electron chi connectivity index (χ0n) is 18.0. The highest BCUT2D eigenvalue weighted by Gasteiger charge is 2.29. The van der Waals surface area contributed by atoms with Crippen LogP contribution in [0.4, 0.5) is 5.69 Å². The molecule has 0 saturated heterocycles. The SMILES string of the molecule is CS(=O)(=O)N1CCc2cc(C(=O)NC3CCCc4c3cnn4Cc3ccccc3)ccc21. The van der Waals surface area contributed by atoms with Gasteiger partial charge in [-0.05, 0) is 55.0 Å². The fourth-order valence-corrected chi connectivity index (χ4v) is 5.72. The summed E-state index contributed by atoms with van der Waals surface area (Å²) in [5.41, 5.74) is 5.59. The zero-order chi connectivity index (χ0) is 22.3. The van der Waals surface area contributed by atoms with E-state index in [1.54, 1.807) is 12.1 Å². The van der Waals surface area contributed by atoms with Crippen LogP contribution in [-0.2, 0) is 29.4 Å². The molecule has 32 heavy (non-hydrogen) atoms. The van der Waals surface area contributed by atoms with E-state index in [4.69, 9.17) is 0 Å². The van der Waals surface area contributed by atoms with Crippen molar-refractivity contribution < 1.29 is 13.2 Å². The summed E-state index contributed by atoms with van der Waals surface area (Å²) < 4.78 is 27.3. The van der Waals surface area contributed by atoms with Gasteiger partial charge in [0.25, 0.3) is 5.91 Å². The Morgan fingerprint density at radius 2 is 1.97 bits per heavy atom. The second kappa shape index (κ2) is 8.09. The van der Waals surface area contributed by atoms with Crippen LogP contribution in [0.1, 0.15) is 51.6 Å². The average molecular weight is 451 g/mol. The quantitative estimate of drug-likeness (QED) is 0.648. The first-order valence-corrected chi connectivity index (χ1v) is 12.7. The third-order valence-corrected chi connectivity index (χ3v) is 7.52. The molecule has 0 spiro atoms. The Balaban J connectivity index is 1.33. The van der Waals surface area contributed by atoms with Gasteiger partial charge in [-0.15, -0.1) is 0 Å². The lowest BCUT2D eigenvalue weighted by atomic mass is 9.92. The summed E-state index contributed by atoms with van der Waals surface area (Å²) in [6, 6.07) is 15.4. The summed E-state index contributed by atoms with van der Waals surface area (Å²) >= 11 is 0. The summed E-state index contributed by atoms with van der Waals surface area (Å²) in [4.78, 5) is 13.0. The van der Waals surface area contributed by atoms with Gasteiger partial charge in [0, 0.05) is 23.4 Å². The number of hydrogen-bond donors (Lipinski definition) is 1. The number of nitrogens with one attached hydrogen (secondary N) is 1. The molecule has 3 aromatic rings. The molecule has 2 aliphatic rings. The van der Waals surface area contributed by atoms with Crippen molar-refractivity contribution in [2.24, 2.45) is 0 Å². The summed E-state index contributed by atoms with van der Waals surface area (Å²) in [5, 5.41) is 7.78. The Morgan fingerprint density at radius 3 is 2.75 bits per heavy atom. The molecule has 1 amide bonds. The largest absolute Gasteiger partial charge is 0.345 e. The zero-order valence-corrected chi connectivity index (χ0v) is 18.8. The van der Waals surface area contributed by atoms with Crippen LogP contribution in [0, 0.1) is 0 Å². The minimum atomic E-state index is -3.30. The van der Waals surface area contributed by atoms with Crippen LogP contribution in [0.25, 0.3) is 0 Å². The van der Waals surface area contributed by atoms with Crippen molar-refractivity contribution in [2.45, 2.75) is 38.3 Å². The van der Waals surface area contributed by atoms with E-state index in [1.165, 1.54) is 21.8 Å². The molecule has 1 atom stereocenters. The highest BCUT2D eigenvalue weighted by atomic mass is 32.2. The van der Waals surface area contributed by atoms with Gasteiger partial charge in [0.2, 0.25) is 10.0 Å². The molecule has 2 aromatic carbocycles. The second-order valence-corrected chi connectivity index (χ2v) is 10.4. The third-order valence-electron chi connectivity index (χ3n) is 6.34. The molecule has 7 nitrogen and oxygen atoms in total. The predicted octanol–water partition coefficient (Wildman–Crippen LogP) is 3.06. The Kier molecular flexibility index (Phi) is 5.25. The van der Waals surface area contributed by atoms with Crippen LogP contribution in [0.2, 0.25) is 0 Å². The molecule has 0 radical (unpaired) electrons. The van der Waals surface area contributed by atoms with E-state index in [-0.39, 0.29) is 11.9 Å². The van der Waals surface area contributed by atoms with Crippen LogP contribution < -0.4 is 9.62 Å². The molecule has 0 bridgehead atoms. The summed E-state index contributed by atoms with van der Waals surface area (Å²) in [5.74, 6) is -0.140. The van der Waals surface area contributed by atoms with E-state index in [0.29, 0.717) is 24.2 Å². The van der Waals surface area contributed by atoms with Crippen molar-refractivity contribution in [3.05, 3.63) is 82.7 Å². The lowest BCUT2D eigenvalue weighted by Crippen LogP contribution is -2.31. The van der Waals surface area contributed by atoms with Crippen LogP contribution in [0.15, 0.2) is 54.7 Å². The highest BCUT2D eigenvalue weighted by molar-refractivity contribution is 7.92. The van der Waals surface area contributed by atoms with Crippen LogP contribution in [0.3, 0.4) is 0 Å². The van der Waals surface area contributed by atoms with E-state index in [0.717, 1.165) is 36.9 Å². The number of amides is 1. The van der Waals surface area contributed by atoms with E-state index in [9.17, 15) is 13.2 Å². The first-order valence-electron chi connectivity index (χ1n) is 10.9. The van der Waals surface area contributed by atoms with Crippen LogP contribution in [0.5, 0.6) is 0 Å². The third kappa shape index (κ3) is 3.90. The van der Waals surface area contributed by atoms with Gasteiger partial charge < -0.3 is 5.32 Å². The lowest BCUT2D eigenvalue weighted by molar-refractivity contribution is 0.0932. The van der Waals surface area contributed by atoms with Gasteiger partial charge in [-0.1, -0.05) is 30.3 Å². The maximum Gasteiger partial charge on any atom is 0.251 e. The first kappa shape index (κ1) is 20.8. The molecular weight excluding hydrogens is 424 g/mol. The van der Waals surface area contributed by atoms with Crippen molar-refractivity contribution in [1.29, 1.82) is 0 Å². The molecule has 1 N–H and O–H groups in total. The molecule has 8 heteroatoms. The Labute approximate surface area is 188 Å². The normalized spacial score (nSPS) is 17.7. The van der Waals surface area contributed by atoms with Crippen LogP contribution in [-0.4, -0.2) is 36.9 Å². The van der Waals surface area contributed by atoms with Gasteiger partial charge in [-0.2, -0.15) is 5.10 Å². The molecule has 1 aliphatic heterocycles. The smallest absolute Gasteiger partial charge is 0.251 e. The monoisotopic (exact) mass is 450 g/mol. The maximum atomic E-state index is 13.0. The number of anilines is 1. The van der Waals surface area contributed by atoms with E-state index >= 15 is 0 Å². The highest BCUT2D eigenvalue weighted by Crippen LogP contribution is 2.32.